The number of benzene rings is 1. The Labute approximate surface area is 112 Å². The third kappa shape index (κ3) is 2.49. The highest BCUT2D eigenvalue weighted by Gasteiger charge is 2.20. The van der Waals surface area contributed by atoms with Crippen molar-refractivity contribution in [1.82, 2.24) is 14.9 Å². The van der Waals surface area contributed by atoms with Crippen molar-refractivity contribution in [2.24, 2.45) is 0 Å². The second kappa shape index (κ2) is 5.24. The molecule has 0 radical (unpaired) electrons. The van der Waals surface area contributed by atoms with E-state index < -0.39 is 0 Å². The average molecular weight is 259 g/mol. The van der Waals surface area contributed by atoms with Gasteiger partial charge in [0.25, 0.3) is 0 Å². The second-order valence-electron chi connectivity index (χ2n) is 4.78. The van der Waals surface area contributed by atoms with E-state index in [1.165, 1.54) is 17.9 Å². The van der Waals surface area contributed by atoms with Crippen molar-refractivity contribution in [2.75, 3.05) is 18.6 Å². The first-order chi connectivity index (χ1) is 8.83. The minimum Gasteiger partial charge on any atom is -0.297 e. The summed E-state index contributed by atoms with van der Waals surface area (Å²) in [4.78, 5) is 11.5. The predicted octanol–water partition coefficient (Wildman–Crippen LogP) is 2.57. The maximum Gasteiger partial charge on any atom is 0.0890 e. The number of fused-ring (bicyclic) bond motifs is 1. The number of hydrogen-bond acceptors (Lipinski definition) is 4. The van der Waals surface area contributed by atoms with Gasteiger partial charge in [0.15, 0.2) is 0 Å². The summed E-state index contributed by atoms with van der Waals surface area (Å²) in [5, 5.41) is 0. The zero-order valence-corrected chi connectivity index (χ0v) is 11.4. The van der Waals surface area contributed by atoms with Gasteiger partial charge in [0, 0.05) is 18.3 Å². The van der Waals surface area contributed by atoms with Gasteiger partial charge in [-0.15, -0.1) is 0 Å². The molecule has 18 heavy (non-hydrogen) atoms. The molecular formula is C14H17N3S. The summed E-state index contributed by atoms with van der Waals surface area (Å²) in [5.74, 6) is 2.54. The third-order valence-electron chi connectivity index (χ3n) is 3.44. The summed E-state index contributed by atoms with van der Waals surface area (Å²) >= 11 is 2.05. The fraction of sp³-hybridized carbons (Fsp3) is 0.429. The van der Waals surface area contributed by atoms with Crippen molar-refractivity contribution in [3.05, 3.63) is 36.2 Å². The molecule has 1 aliphatic rings. The molecule has 2 heterocycles. The van der Waals surface area contributed by atoms with Crippen LogP contribution in [0.1, 0.15) is 12.1 Å². The van der Waals surface area contributed by atoms with Crippen molar-refractivity contribution in [3.8, 4) is 0 Å². The first-order valence-corrected chi connectivity index (χ1v) is 7.47. The first-order valence-electron chi connectivity index (χ1n) is 6.31. The van der Waals surface area contributed by atoms with E-state index in [2.05, 4.69) is 21.9 Å². The van der Waals surface area contributed by atoms with E-state index in [0.717, 1.165) is 23.3 Å². The third-order valence-corrected chi connectivity index (χ3v) is 4.58. The summed E-state index contributed by atoms with van der Waals surface area (Å²) in [6.45, 7) is 0.892. The molecule has 0 saturated carbocycles. The van der Waals surface area contributed by atoms with Crippen molar-refractivity contribution >= 4 is 22.8 Å². The summed E-state index contributed by atoms with van der Waals surface area (Å²) < 4.78 is 0. The zero-order valence-electron chi connectivity index (χ0n) is 10.5. The highest BCUT2D eigenvalue weighted by atomic mass is 32.2. The topological polar surface area (TPSA) is 29.0 Å². The molecule has 4 heteroatoms. The molecule has 1 fully saturated rings. The van der Waals surface area contributed by atoms with Crippen LogP contribution >= 0.6 is 11.8 Å². The van der Waals surface area contributed by atoms with Gasteiger partial charge in [-0.1, -0.05) is 12.1 Å². The Morgan fingerprint density at radius 1 is 1.33 bits per heavy atom. The van der Waals surface area contributed by atoms with E-state index in [-0.39, 0.29) is 0 Å². The second-order valence-corrected chi connectivity index (χ2v) is 5.93. The maximum absolute atomic E-state index is 4.68. The lowest BCUT2D eigenvalue weighted by Gasteiger charge is -2.22. The molecule has 0 aliphatic carbocycles. The Bertz CT molecular complexity index is 537. The lowest BCUT2D eigenvalue weighted by Crippen LogP contribution is -2.31. The number of aromatic nitrogens is 2. The Kier molecular flexibility index (Phi) is 3.48. The number of hydrogen-bond donors (Lipinski definition) is 0. The van der Waals surface area contributed by atoms with Gasteiger partial charge in [0.1, 0.15) is 0 Å². The van der Waals surface area contributed by atoms with E-state index >= 15 is 0 Å². The van der Waals surface area contributed by atoms with Gasteiger partial charge < -0.3 is 0 Å². The van der Waals surface area contributed by atoms with Crippen LogP contribution in [0, 0.1) is 0 Å². The molecule has 2 aromatic rings. The Morgan fingerprint density at radius 2 is 2.17 bits per heavy atom. The first kappa shape index (κ1) is 11.9. The van der Waals surface area contributed by atoms with Gasteiger partial charge in [-0.05, 0) is 31.4 Å². The molecule has 0 spiro atoms. The van der Waals surface area contributed by atoms with Crippen LogP contribution in [0.15, 0.2) is 30.5 Å². The van der Waals surface area contributed by atoms with Gasteiger partial charge in [-0.25, -0.2) is 4.98 Å². The largest absolute Gasteiger partial charge is 0.297 e. The molecule has 1 aliphatic heterocycles. The van der Waals surface area contributed by atoms with E-state index in [1.54, 1.807) is 0 Å². The minimum atomic E-state index is 0.697. The van der Waals surface area contributed by atoms with Gasteiger partial charge in [0.2, 0.25) is 0 Å². The molecular weight excluding hydrogens is 242 g/mol. The van der Waals surface area contributed by atoms with Crippen LogP contribution in [0.3, 0.4) is 0 Å². The lowest BCUT2D eigenvalue weighted by atomic mass is 10.2. The van der Waals surface area contributed by atoms with Crippen LogP contribution in [-0.2, 0) is 6.54 Å². The van der Waals surface area contributed by atoms with Gasteiger partial charge in [-0.3, -0.25) is 9.88 Å². The van der Waals surface area contributed by atoms with E-state index in [0.29, 0.717) is 6.04 Å². The summed E-state index contributed by atoms with van der Waals surface area (Å²) in [6.07, 6.45) is 3.20. The number of para-hydroxylation sites is 2. The molecule has 1 aromatic heterocycles. The zero-order chi connectivity index (χ0) is 12.4. The Morgan fingerprint density at radius 3 is 2.94 bits per heavy atom. The Hall–Kier alpha value is -1.13. The van der Waals surface area contributed by atoms with Crippen molar-refractivity contribution in [3.63, 3.8) is 0 Å². The SMILES string of the molecule is CN(Cc1cnc2ccccc2n1)C1CCSC1. The van der Waals surface area contributed by atoms with Crippen LogP contribution in [0.25, 0.3) is 11.0 Å². The van der Waals surface area contributed by atoms with Crippen molar-refractivity contribution in [1.29, 1.82) is 0 Å². The quantitative estimate of drug-likeness (QED) is 0.847. The van der Waals surface area contributed by atoms with Gasteiger partial charge in [-0.2, -0.15) is 11.8 Å². The van der Waals surface area contributed by atoms with Gasteiger partial charge in [0.05, 0.1) is 22.9 Å². The summed E-state index contributed by atoms with van der Waals surface area (Å²) in [6, 6.07) is 8.74. The minimum absolute atomic E-state index is 0.697. The monoisotopic (exact) mass is 259 g/mol. The Balaban J connectivity index is 1.77. The number of rotatable bonds is 3. The molecule has 1 aromatic carbocycles. The van der Waals surface area contributed by atoms with E-state index in [1.807, 2.05) is 42.2 Å². The molecule has 0 bridgehead atoms. The highest BCUT2D eigenvalue weighted by molar-refractivity contribution is 7.99. The van der Waals surface area contributed by atoms with Crippen LogP contribution in [0.4, 0.5) is 0 Å². The van der Waals surface area contributed by atoms with Crippen LogP contribution in [0.2, 0.25) is 0 Å². The molecule has 3 nitrogen and oxygen atoms in total. The fourth-order valence-corrected chi connectivity index (χ4v) is 3.62. The normalized spacial score (nSPS) is 19.8. The molecule has 1 atom stereocenters. The maximum atomic E-state index is 4.68. The predicted molar refractivity (Wildman–Crippen MR) is 76.7 cm³/mol. The fourth-order valence-electron chi connectivity index (χ4n) is 2.33. The summed E-state index contributed by atoms with van der Waals surface area (Å²) in [7, 11) is 2.19. The molecule has 0 amide bonds. The standard InChI is InChI=1S/C14H17N3S/c1-17(12-6-7-18-10-12)9-11-8-15-13-4-2-3-5-14(13)16-11/h2-5,8,12H,6-7,9-10H2,1H3. The molecule has 1 saturated heterocycles. The summed E-state index contributed by atoms with van der Waals surface area (Å²) in [5.41, 5.74) is 3.03. The molecule has 94 valence electrons. The van der Waals surface area contributed by atoms with Crippen LogP contribution in [-0.4, -0.2) is 39.5 Å². The molecule has 0 N–H and O–H groups in total. The number of nitrogens with zero attached hydrogens (tertiary/aromatic N) is 3. The van der Waals surface area contributed by atoms with E-state index in [9.17, 15) is 0 Å². The smallest absolute Gasteiger partial charge is 0.0890 e. The molecule has 1 unspecified atom stereocenters. The van der Waals surface area contributed by atoms with Crippen molar-refractivity contribution < 1.29 is 0 Å². The van der Waals surface area contributed by atoms with E-state index in [4.69, 9.17) is 0 Å². The lowest BCUT2D eigenvalue weighted by molar-refractivity contribution is 0.251. The highest BCUT2D eigenvalue weighted by Crippen LogP contribution is 2.22. The van der Waals surface area contributed by atoms with Crippen molar-refractivity contribution in [2.45, 2.75) is 19.0 Å². The van der Waals surface area contributed by atoms with Crippen LogP contribution in [0.5, 0.6) is 0 Å². The molecule has 3 rings (SSSR count). The van der Waals surface area contributed by atoms with Crippen LogP contribution < -0.4 is 0 Å². The van der Waals surface area contributed by atoms with Gasteiger partial charge >= 0.3 is 0 Å². The average Bonchev–Trinajstić information content (AvgIpc) is 2.92. The number of thioether (sulfide) groups is 1.